The van der Waals surface area contributed by atoms with E-state index in [1.807, 2.05) is 6.92 Å². The van der Waals surface area contributed by atoms with Crippen LogP contribution in [0.15, 0.2) is 0 Å². The molecule has 0 aliphatic carbocycles. The van der Waals surface area contributed by atoms with Crippen LogP contribution in [0, 0.1) is 0 Å². The Kier molecular flexibility index (Phi) is 7.76. The van der Waals surface area contributed by atoms with Gasteiger partial charge in [0, 0.05) is 32.8 Å². The number of carbonyl (C=O) groups is 4. The van der Waals surface area contributed by atoms with Crippen LogP contribution in [0.5, 0.6) is 0 Å². The lowest BCUT2D eigenvalue weighted by atomic mass is 10.4. The topological polar surface area (TPSA) is 105 Å². The van der Waals surface area contributed by atoms with E-state index in [1.165, 1.54) is 0 Å². The third kappa shape index (κ3) is 6.13. The molecule has 0 atom stereocenters. The molecule has 1 heterocycles. The number of nitrogens with zero attached hydrogens (tertiary/aromatic N) is 1. The first-order valence-electron chi connectivity index (χ1n) is 6.67. The average molecular weight is 317 g/mol. The number of hydrogen-bond acceptors (Lipinski definition) is 6. The zero-order valence-electron chi connectivity index (χ0n) is 11.8. The van der Waals surface area contributed by atoms with Gasteiger partial charge in [-0.25, -0.2) is 0 Å². The smallest absolute Gasteiger partial charge is 0.309 e. The summed E-state index contributed by atoms with van der Waals surface area (Å²) in [5.74, 6) is -1.66. The Morgan fingerprint density at radius 3 is 2.48 bits per heavy atom. The molecule has 0 aromatic rings. The number of imide groups is 1. The molecule has 9 heteroatoms. The van der Waals surface area contributed by atoms with Gasteiger partial charge in [-0.05, 0) is 13.3 Å². The van der Waals surface area contributed by atoms with Gasteiger partial charge in [-0.1, -0.05) is 11.8 Å². The summed E-state index contributed by atoms with van der Waals surface area (Å²) in [5.41, 5.74) is 0. The van der Waals surface area contributed by atoms with E-state index in [1.54, 1.807) is 0 Å². The highest BCUT2D eigenvalue weighted by Crippen LogP contribution is 2.17. The van der Waals surface area contributed by atoms with Gasteiger partial charge >= 0.3 is 11.8 Å². The average Bonchev–Trinajstić information content (AvgIpc) is 2.78. The van der Waals surface area contributed by atoms with Crippen molar-refractivity contribution in [2.45, 2.75) is 13.3 Å². The maximum atomic E-state index is 11.5. The van der Waals surface area contributed by atoms with Gasteiger partial charge in [-0.3, -0.25) is 24.1 Å². The SMILES string of the molecule is CCOCCCNC(=O)C(=O)NCCN1C(=O)CSC1=O. The van der Waals surface area contributed by atoms with Crippen LogP contribution in [0.3, 0.4) is 0 Å². The van der Waals surface area contributed by atoms with Crippen LogP contribution in [-0.4, -0.2) is 66.5 Å². The summed E-state index contributed by atoms with van der Waals surface area (Å²) >= 11 is 0.930. The number of rotatable bonds is 8. The monoisotopic (exact) mass is 317 g/mol. The van der Waals surface area contributed by atoms with E-state index in [4.69, 9.17) is 4.74 Å². The molecule has 8 nitrogen and oxygen atoms in total. The first-order chi connectivity index (χ1) is 10.1. The van der Waals surface area contributed by atoms with Gasteiger partial charge in [-0.15, -0.1) is 0 Å². The highest BCUT2D eigenvalue weighted by molar-refractivity contribution is 8.14. The van der Waals surface area contributed by atoms with Crippen LogP contribution in [0.2, 0.25) is 0 Å². The lowest BCUT2D eigenvalue weighted by Gasteiger charge is -2.13. The molecule has 1 aliphatic heterocycles. The van der Waals surface area contributed by atoms with Crippen LogP contribution in [0.25, 0.3) is 0 Å². The van der Waals surface area contributed by atoms with Crippen molar-refractivity contribution in [2.75, 3.05) is 38.6 Å². The summed E-state index contributed by atoms with van der Waals surface area (Å²) in [6, 6.07) is 0. The predicted molar refractivity (Wildman–Crippen MR) is 76.7 cm³/mol. The Labute approximate surface area is 126 Å². The van der Waals surface area contributed by atoms with E-state index >= 15 is 0 Å². The van der Waals surface area contributed by atoms with E-state index in [2.05, 4.69) is 10.6 Å². The minimum absolute atomic E-state index is 0.0588. The van der Waals surface area contributed by atoms with Crippen LogP contribution >= 0.6 is 11.8 Å². The number of ether oxygens (including phenoxy) is 1. The first kappa shape index (κ1) is 17.4. The fourth-order valence-electron chi connectivity index (χ4n) is 1.56. The molecule has 21 heavy (non-hydrogen) atoms. The van der Waals surface area contributed by atoms with Gasteiger partial charge in [0.1, 0.15) is 0 Å². The van der Waals surface area contributed by atoms with Gasteiger partial charge < -0.3 is 15.4 Å². The molecule has 1 aliphatic rings. The quantitative estimate of drug-likeness (QED) is 0.455. The Hall–Kier alpha value is -1.61. The second-order valence-electron chi connectivity index (χ2n) is 4.16. The van der Waals surface area contributed by atoms with E-state index < -0.39 is 11.8 Å². The Balaban J connectivity index is 2.13. The summed E-state index contributed by atoms with van der Waals surface area (Å²) in [5, 5.41) is 4.50. The molecule has 0 saturated carbocycles. The molecule has 4 amide bonds. The molecule has 1 saturated heterocycles. The standard InChI is InChI=1S/C12H19N3O5S/c1-2-20-7-3-4-13-10(17)11(18)14-5-6-15-9(16)8-21-12(15)19/h2-8H2,1H3,(H,13,17)(H,14,18). The van der Waals surface area contributed by atoms with Crippen molar-refractivity contribution >= 4 is 34.7 Å². The Morgan fingerprint density at radius 2 is 1.90 bits per heavy atom. The molecule has 1 rings (SSSR count). The summed E-state index contributed by atoms with van der Waals surface area (Å²) in [4.78, 5) is 46.5. The summed E-state index contributed by atoms with van der Waals surface area (Å²) in [6.07, 6.45) is 0.626. The van der Waals surface area contributed by atoms with Crippen molar-refractivity contribution in [3.05, 3.63) is 0 Å². The van der Waals surface area contributed by atoms with Gasteiger partial charge in [0.25, 0.3) is 5.24 Å². The molecular formula is C12H19N3O5S. The van der Waals surface area contributed by atoms with E-state index in [9.17, 15) is 19.2 Å². The third-order valence-corrected chi connectivity index (χ3v) is 3.48. The second-order valence-corrected chi connectivity index (χ2v) is 5.09. The highest BCUT2D eigenvalue weighted by Gasteiger charge is 2.29. The number of amides is 4. The van der Waals surface area contributed by atoms with Crippen molar-refractivity contribution < 1.29 is 23.9 Å². The second kappa shape index (κ2) is 9.35. The van der Waals surface area contributed by atoms with Crippen LogP contribution in [0.4, 0.5) is 4.79 Å². The van der Waals surface area contributed by atoms with Gasteiger partial charge in [-0.2, -0.15) is 0 Å². The van der Waals surface area contributed by atoms with Crippen molar-refractivity contribution in [1.82, 2.24) is 15.5 Å². The largest absolute Gasteiger partial charge is 0.382 e. The summed E-state index contributed by atoms with van der Waals surface area (Å²) in [7, 11) is 0. The number of nitrogens with one attached hydrogen (secondary N) is 2. The van der Waals surface area contributed by atoms with Crippen LogP contribution in [-0.2, 0) is 19.1 Å². The van der Waals surface area contributed by atoms with Crippen molar-refractivity contribution in [2.24, 2.45) is 0 Å². The van der Waals surface area contributed by atoms with Gasteiger partial charge in [0.15, 0.2) is 0 Å². The van der Waals surface area contributed by atoms with Crippen LogP contribution in [0.1, 0.15) is 13.3 Å². The first-order valence-corrected chi connectivity index (χ1v) is 7.65. The highest BCUT2D eigenvalue weighted by atomic mass is 32.2. The molecule has 0 aromatic heterocycles. The predicted octanol–water partition coefficient (Wildman–Crippen LogP) is -0.659. The molecule has 0 unspecified atom stereocenters. The molecule has 0 aromatic carbocycles. The zero-order chi connectivity index (χ0) is 15.7. The Morgan fingerprint density at radius 1 is 1.24 bits per heavy atom. The maximum Gasteiger partial charge on any atom is 0.309 e. The van der Waals surface area contributed by atoms with E-state index in [0.29, 0.717) is 26.2 Å². The van der Waals surface area contributed by atoms with E-state index in [-0.39, 0.29) is 30.0 Å². The minimum Gasteiger partial charge on any atom is -0.382 e. The van der Waals surface area contributed by atoms with Crippen molar-refractivity contribution in [3.8, 4) is 0 Å². The van der Waals surface area contributed by atoms with Gasteiger partial charge in [0.05, 0.1) is 5.75 Å². The summed E-state index contributed by atoms with van der Waals surface area (Å²) in [6.45, 7) is 3.50. The fraction of sp³-hybridized carbons (Fsp3) is 0.667. The van der Waals surface area contributed by atoms with Crippen LogP contribution < -0.4 is 10.6 Å². The lowest BCUT2D eigenvalue weighted by molar-refractivity contribution is -0.139. The lowest BCUT2D eigenvalue weighted by Crippen LogP contribution is -2.44. The molecule has 0 bridgehead atoms. The normalized spacial score (nSPS) is 14.4. The number of hydrogen-bond donors (Lipinski definition) is 2. The molecule has 1 fully saturated rings. The zero-order valence-corrected chi connectivity index (χ0v) is 12.7. The molecule has 0 radical (unpaired) electrons. The molecule has 0 spiro atoms. The van der Waals surface area contributed by atoms with E-state index in [0.717, 1.165) is 16.7 Å². The Bertz CT molecular complexity index is 400. The number of thioether (sulfide) groups is 1. The summed E-state index contributed by atoms with van der Waals surface area (Å²) < 4.78 is 5.09. The molecule has 118 valence electrons. The van der Waals surface area contributed by atoms with Crippen molar-refractivity contribution in [3.63, 3.8) is 0 Å². The maximum absolute atomic E-state index is 11.5. The third-order valence-electron chi connectivity index (χ3n) is 2.62. The number of carbonyl (C=O) groups excluding carboxylic acids is 4. The minimum atomic E-state index is -0.779. The van der Waals surface area contributed by atoms with Gasteiger partial charge in [0.2, 0.25) is 5.91 Å². The molecule has 2 N–H and O–H groups in total. The van der Waals surface area contributed by atoms with Crippen molar-refractivity contribution in [1.29, 1.82) is 0 Å². The fourth-order valence-corrected chi connectivity index (χ4v) is 2.31. The molecular weight excluding hydrogens is 298 g/mol.